The number of hydrazone groups is 1. The van der Waals surface area contributed by atoms with Crippen molar-refractivity contribution in [2.45, 2.75) is 13.8 Å². The number of aryl methyl sites for hydroxylation is 1. The molecule has 33 heavy (non-hydrogen) atoms. The van der Waals surface area contributed by atoms with Crippen molar-refractivity contribution in [3.63, 3.8) is 0 Å². The zero-order valence-corrected chi connectivity index (χ0v) is 17.6. The number of nitrogens with one attached hydrogen (secondary N) is 1. The summed E-state index contributed by atoms with van der Waals surface area (Å²) in [6.07, 6.45) is 0. The van der Waals surface area contributed by atoms with Gasteiger partial charge in [-0.25, -0.2) is 14.8 Å². The van der Waals surface area contributed by atoms with E-state index >= 15 is 0 Å². The highest BCUT2D eigenvalue weighted by atomic mass is 16.6. The highest BCUT2D eigenvalue weighted by Gasteiger charge is 2.23. The van der Waals surface area contributed by atoms with Crippen LogP contribution in [0, 0.1) is 6.92 Å². The van der Waals surface area contributed by atoms with E-state index in [4.69, 9.17) is 10.5 Å². The minimum absolute atomic E-state index is 0.0401. The fourth-order valence-electron chi connectivity index (χ4n) is 2.86. The van der Waals surface area contributed by atoms with Gasteiger partial charge in [-0.2, -0.15) is 9.78 Å². The molecule has 2 heterocycles. The number of amides is 1. The van der Waals surface area contributed by atoms with Gasteiger partial charge in [0, 0.05) is 0 Å². The number of nitrogens with two attached hydrogens (primary N) is 1. The lowest BCUT2D eigenvalue weighted by Crippen LogP contribution is -2.24. The maximum atomic E-state index is 12.7. The number of carbonyl (C=O) groups excluding carboxylic acids is 2. The van der Waals surface area contributed by atoms with E-state index in [0.29, 0.717) is 28.3 Å². The zero-order chi connectivity index (χ0) is 23.4. The molecule has 0 atom stereocenters. The summed E-state index contributed by atoms with van der Waals surface area (Å²) in [5, 5.41) is 19.0. The number of hydrogen-bond donors (Lipinski definition) is 2. The Bertz CT molecular complexity index is 1330. The van der Waals surface area contributed by atoms with Crippen LogP contribution in [0.15, 0.2) is 64.3 Å². The van der Waals surface area contributed by atoms with Crippen LogP contribution in [0.3, 0.4) is 0 Å². The summed E-state index contributed by atoms with van der Waals surface area (Å²) in [5.41, 5.74) is 10.2. The molecule has 0 aliphatic carbocycles. The van der Waals surface area contributed by atoms with E-state index in [1.165, 1.54) is 0 Å². The molecule has 12 nitrogen and oxygen atoms in total. The van der Waals surface area contributed by atoms with E-state index in [0.717, 1.165) is 4.68 Å². The van der Waals surface area contributed by atoms with Gasteiger partial charge in [0.1, 0.15) is 5.75 Å². The molecule has 2 aromatic carbocycles. The quantitative estimate of drug-likeness (QED) is 0.195. The summed E-state index contributed by atoms with van der Waals surface area (Å²) in [7, 11) is 0. The van der Waals surface area contributed by atoms with Gasteiger partial charge in [0.15, 0.2) is 5.69 Å². The van der Waals surface area contributed by atoms with Gasteiger partial charge in [0.2, 0.25) is 11.6 Å². The summed E-state index contributed by atoms with van der Waals surface area (Å²) in [6.45, 7) is 3.32. The van der Waals surface area contributed by atoms with E-state index in [-0.39, 0.29) is 17.3 Å². The molecule has 3 N–H and O–H groups in total. The molecule has 166 valence electrons. The Morgan fingerprint density at radius 2 is 1.79 bits per heavy atom. The molecule has 0 aliphatic heterocycles. The molecular weight excluding hydrogens is 428 g/mol. The predicted octanol–water partition coefficient (Wildman–Crippen LogP) is 1.91. The van der Waals surface area contributed by atoms with E-state index in [1.807, 2.05) is 6.07 Å². The summed E-state index contributed by atoms with van der Waals surface area (Å²) < 4.78 is 11.0. The maximum Gasteiger partial charge on any atom is 0.343 e. The van der Waals surface area contributed by atoms with Crippen LogP contribution in [-0.4, -0.2) is 42.9 Å². The summed E-state index contributed by atoms with van der Waals surface area (Å²) in [5.74, 6) is -0.644. The van der Waals surface area contributed by atoms with Gasteiger partial charge in [-0.3, -0.25) is 4.79 Å². The number of benzene rings is 2. The Morgan fingerprint density at radius 1 is 1.06 bits per heavy atom. The largest absolute Gasteiger partial charge is 0.423 e. The van der Waals surface area contributed by atoms with Crippen LogP contribution < -0.4 is 15.9 Å². The van der Waals surface area contributed by atoms with Gasteiger partial charge in [-0.15, -0.1) is 5.10 Å². The van der Waals surface area contributed by atoms with Crippen LogP contribution >= 0.6 is 0 Å². The molecule has 0 aliphatic rings. The van der Waals surface area contributed by atoms with Crippen molar-refractivity contribution in [3.8, 4) is 11.6 Å². The first-order valence-electron chi connectivity index (χ1n) is 9.67. The highest BCUT2D eigenvalue weighted by molar-refractivity contribution is 6.01. The first-order chi connectivity index (χ1) is 15.9. The standard InChI is InChI=1S/C21H18N8O4/c1-12(14-8-10-16(11-9-14)32-21(31)15-6-4-3-5-7-15)23-25-20(30)17-13(2)24-28-29(17)19-18(22)26-33-27-19/h3-11H,1-2H3,(H2,22,26)(H,25,30)/b23-12+. The highest BCUT2D eigenvalue weighted by Crippen LogP contribution is 2.16. The van der Waals surface area contributed by atoms with Crippen LogP contribution in [0.4, 0.5) is 5.82 Å². The third kappa shape index (κ3) is 4.58. The van der Waals surface area contributed by atoms with E-state index in [2.05, 4.69) is 35.8 Å². The Balaban J connectivity index is 1.45. The molecule has 12 heteroatoms. The second-order valence-corrected chi connectivity index (χ2v) is 6.83. The first-order valence-corrected chi connectivity index (χ1v) is 9.67. The Hall–Kier alpha value is -4.87. The molecule has 1 amide bonds. The normalized spacial score (nSPS) is 11.3. The van der Waals surface area contributed by atoms with Gasteiger partial charge < -0.3 is 10.5 Å². The second-order valence-electron chi connectivity index (χ2n) is 6.83. The van der Waals surface area contributed by atoms with E-state index in [9.17, 15) is 9.59 Å². The van der Waals surface area contributed by atoms with E-state index < -0.39 is 11.9 Å². The van der Waals surface area contributed by atoms with Crippen molar-refractivity contribution in [1.29, 1.82) is 0 Å². The number of ether oxygens (including phenoxy) is 1. The SMILES string of the molecule is C/C(=N\NC(=O)c1c(C)nnn1-c1nonc1N)c1ccc(OC(=O)c2ccccc2)cc1. The predicted molar refractivity (Wildman–Crippen MR) is 116 cm³/mol. The molecule has 0 unspecified atom stereocenters. The third-order valence-electron chi connectivity index (χ3n) is 4.57. The van der Waals surface area contributed by atoms with Crippen LogP contribution in [0.2, 0.25) is 0 Å². The molecule has 0 radical (unpaired) electrons. The van der Waals surface area contributed by atoms with Crippen molar-refractivity contribution in [2.75, 3.05) is 5.73 Å². The molecular formula is C21H18N8O4. The zero-order valence-electron chi connectivity index (χ0n) is 17.6. The number of rotatable bonds is 6. The summed E-state index contributed by atoms with van der Waals surface area (Å²) in [4.78, 5) is 24.9. The molecule has 4 rings (SSSR count). The molecule has 0 bridgehead atoms. The second kappa shape index (κ2) is 9.09. The average Bonchev–Trinajstić information content (AvgIpc) is 3.43. The lowest BCUT2D eigenvalue weighted by molar-refractivity contribution is 0.0734. The minimum atomic E-state index is -0.576. The van der Waals surface area contributed by atoms with Crippen molar-refractivity contribution < 1.29 is 19.0 Å². The number of aromatic nitrogens is 5. The fourth-order valence-corrected chi connectivity index (χ4v) is 2.86. The number of hydrogen-bond acceptors (Lipinski definition) is 10. The fraction of sp³-hybridized carbons (Fsp3) is 0.0952. The first kappa shape index (κ1) is 21.4. The van der Waals surface area contributed by atoms with Crippen molar-refractivity contribution >= 4 is 23.4 Å². The molecule has 0 saturated carbocycles. The number of nitrogens with zero attached hydrogens (tertiary/aromatic N) is 6. The Morgan fingerprint density at radius 3 is 2.45 bits per heavy atom. The van der Waals surface area contributed by atoms with Crippen molar-refractivity contribution in [2.24, 2.45) is 5.10 Å². The van der Waals surface area contributed by atoms with Crippen LogP contribution in [-0.2, 0) is 0 Å². The number of esters is 1. The molecule has 4 aromatic rings. The Labute approximate surface area is 187 Å². The maximum absolute atomic E-state index is 12.7. The van der Waals surface area contributed by atoms with Gasteiger partial charge in [-0.1, -0.05) is 23.4 Å². The van der Waals surface area contributed by atoms with Crippen molar-refractivity contribution in [1.82, 2.24) is 30.7 Å². The van der Waals surface area contributed by atoms with Gasteiger partial charge in [0.05, 0.1) is 17.0 Å². The number of nitrogen functional groups attached to an aromatic ring is 1. The molecule has 0 spiro atoms. The van der Waals surface area contributed by atoms with Crippen LogP contribution in [0.1, 0.15) is 39.0 Å². The van der Waals surface area contributed by atoms with Crippen LogP contribution in [0.25, 0.3) is 5.82 Å². The van der Waals surface area contributed by atoms with Gasteiger partial charge >= 0.3 is 5.97 Å². The average molecular weight is 446 g/mol. The summed E-state index contributed by atoms with van der Waals surface area (Å²) in [6, 6.07) is 15.4. The topological polar surface area (TPSA) is 163 Å². The minimum Gasteiger partial charge on any atom is -0.423 e. The molecule has 0 fully saturated rings. The Kier molecular flexibility index (Phi) is 5.89. The summed E-state index contributed by atoms with van der Waals surface area (Å²) >= 11 is 0. The van der Waals surface area contributed by atoms with Crippen LogP contribution in [0.5, 0.6) is 5.75 Å². The van der Waals surface area contributed by atoms with E-state index in [1.54, 1.807) is 62.4 Å². The van der Waals surface area contributed by atoms with Gasteiger partial charge in [-0.05, 0) is 66.1 Å². The lowest BCUT2D eigenvalue weighted by atomic mass is 10.1. The lowest BCUT2D eigenvalue weighted by Gasteiger charge is -2.07. The third-order valence-corrected chi connectivity index (χ3v) is 4.57. The van der Waals surface area contributed by atoms with Gasteiger partial charge in [0.25, 0.3) is 5.91 Å². The number of carbonyl (C=O) groups is 2. The smallest absolute Gasteiger partial charge is 0.343 e. The monoisotopic (exact) mass is 446 g/mol. The van der Waals surface area contributed by atoms with Crippen molar-refractivity contribution in [3.05, 3.63) is 77.1 Å². The molecule has 2 aromatic heterocycles. The molecule has 0 saturated heterocycles. The number of anilines is 1.